The van der Waals surface area contributed by atoms with Crippen molar-refractivity contribution in [2.24, 2.45) is 5.73 Å². The zero-order valence-corrected chi connectivity index (χ0v) is 20.1. The number of benzene rings is 3. The van der Waals surface area contributed by atoms with Crippen molar-refractivity contribution >= 4 is 22.9 Å². The molecule has 3 N–H and O–H groups in total. The number of carbonyl (C=O) groups excluding carboxylic acids is 2. The number of nitrogens with one attached hydrogen (secondary N) is 1. The number of fused-ring (bicyclic) bond motifs is 3. The standard InChI is InChI=1S/C29H29N3O3/c1-29(2,3)35-28(34)32-24(27(30)33)17-22-21-11-7-8-12-23(21)31-25(22)26(32)20-15-13-19(14-16-20)18-9-5-4-6-10-18/h4-16,24,26,31H,17H2,1-3H3,(H2,30,33). The number of hydrogen-bond acceptors (Lipinski definition) is 3. The summed E-state index contributed by atoms with van der Waals surface area (Å²) in [7, 11) is 0. The minimum absolute atomic E-state index is 0.326. The molecule has 0 radical (unpaired) electrons. The van der Waals surface area contributed by atoms with Gasteiger partial charge < -0.3 is 15.5 Å². The summed E-state index contributed by atoms with van der Waals surface area (Å²) in [6, 6.07) is 24.8. The molecular weight excluding hydrogens is 438 g/mol. The van der Waals surface area contributed by atoms with Crippen LogP contribution in [0.3, 0.4) is 0 Å². The molecule has 2 unspecified atom stereocenters. The molecule has 0 spiro atoms. The van der Waals surface area contributed by atoms with E-state index in [0.717, 1.165) is 38.9 Å². The number of carbonyl (C=O) groups is 2. The number of hydrogen-bond donors (Lipinski definition) is 2. The average Bonchev–Trinajstić information content (AvgIpc) is 3.21. The van der Waals surface area contributed by atoms with Crippen LogP contribution in [0.2, 0.25) is 0 Å². The topological polar surface area (TPSA) is 88.4 Å². The van der Waals surface area contributed by atoms with Crippen LogP contribution in [0.5, 0.6) is 0 Å². The Balaban J connectivity index is 1.67. The Morgan fingerprint density at radius 1 is 0.914 bits per heavy atom. The van der Waals surface area contributed by atoms with Gasteiger partial charge in [-0.2, -0.15) is 0 Å². The molecule has 0 saturated carbocycles. The summed E-state index contributed by atoms with van der Waals surface area (Å²) in [5.74, 6) is -0.558. The largest absolute Gasteiger partial charge is 0.444 e. The van der Waals surface area contributed by atoms with Crippen molar-refractivity contribution in [3.8, 4) is 11.1 Å². The molecule has 0 bridgehead atoms. The zero-order valence-electron chi connectivity index (χ0n) is 20.1. The number of H-pyrrole nitrogens is 1. The third kappa shape index (κ3) is 4.28. The van der Waals surface area contributed by atoms with E-state index >= 15 is 0 Å². The number of aromatic nitrogens is 1. The molecular formula is C29H29N3O3. The summed E-state index contributed by atoms with van der Waals surface area (Å²) in [6.45, 7) is 5.43. The van der Waals surface area contributed by atoms with Crippen molar-refractivity contribution in [1.82, 2.24) is 9.88 Å². The van der Waals surface area contributed by atoms with Gasteiger partial charge in [-0.15, -0.1) is 0 Å². The van der Waals surface area contributed by atoms with Gasteiger partial charge in [-0.25, -0.2) is 4.79 Å². The lowest BCUT2D eigenvalue weighted by atomic mass is 9.87. The van der Waals surface area contributed by atoms with Crippen molar-refractivity contribution < 1.29 is 14.3 Å². The summed E-state index contributed by atoms with van der Waals surface area (Å²) in [6.07, 6.45) is -0.241. The van der Waals surface area contributed by atoms with Gasteiger partial charge in [0.05, 0.1) is 0 Å². The SMILES string of the molecule is CC(C)(C)OC(=O)N1C(C(N)=O)Cc2c([nH]c3ccccc23)C1c1ccc(-c2ccccc2)cc1. The summed E-state index contributed by atoms with van der Waals surface area (Å²) < 4.78 is 5.76. The first kappa shape index (κ1) is 22.7. The fraction of sp³-hybridized carbons (Fsp3) is 0.241. The van der Waals surface area contributed by atoms with Gasteiger partial charge in [0.2, 0.25) is 5.91 Å². The van der Waals surface area contributed by atoms with Crippen LogP contribution >= 0.6 is 0 Å². The monoisotopic (exact) mass is 467 g/mol. The molecule has 2 amide bonds. The smallest absolute Gasteiger partial charge is 0.411 e. The molecule has 0 saturated heterocycles. The van der Waals surface area contributed by atoms with E-state index < -0.39 is 29.7 Å². The Bertz CT molecular complexity index is 1380. The molecule has 3 aromatic carbocycles. The van der Waals surface area contributed by atoms with Gasteiger partial charge in [-0.1, -0.05) is 72.8 Å². The van der Waals surface area contributed by atoms with Crippen LogP contribution in [0.25, 0.3) is 22.0 Å². The molecule has 6 heteroatoms. The quantitative estimate of drug-likeness (QED) is 0.413. The highest BCUT2D eigenvalue weighted by Gasteiger charge is 2.44. The summed E-state index contributed by atoms with van der Waals surface area (Å²) in [4.78, 5) is 31.2. The molecule has 178 valence electrons. The van der Waals surface area contributed by atoms with E-state index in [4.69, 9.17) is 10.5 Å². The van der Waals surface area contributed by atoms with Crippen LogP contribution in [0.15, 0.2) is 78.9 Å². The Labute approximate surface area is 204 Å². The molecule has 35 heavy (non-hydrogen) atoms. The van der Waals surface area contributed by atoms with E-state index in [0.29, 0.717) is 6.42 Å². The van der Waals surface area contributed by atoms with Gasteiger partial charge in [0.25, 0.3) is 0 Å². The first-order valence-corrected chi connectivity index (χ1v) is 11.8. The highest BCUT2D eigenvalue weighted by Crippen LogP contribution is 2.42. The molecule has 0 fully saturated rings. The molecule has 4 aromatic rings. The lowest BCUT2D eigenvalue weighted by molar-refractivity contribution is -0.124. The predicted octanol–water partition coefficient (Wildman–Crippen LogP) is 5.57. The first-order chi connectivity index (χ1) is 16.7. The van der Waals surface area contributed by atoms with E-state index in [1.807, 2.05) is 87.5 Å². The van der Waals surface area contributed by atoms with Crippen molar-refractivity contribution in [3.63, 3.8) is 0 Å². The zero-order chi connectivity index (χ0) is 24.7. The minimum Gasteiger partial charge on any atom is -0.444 e. The number of ether oxygens (including phenoxy) is 1. The predicted molar refractivity (Wildman–Crippen MR) is 137 cm³/mol. The number of primary amides is 1. The highest BCUT2D eigenvalue weighted by atomic mass is 16.6. The van der Waals surface area contributed by atoms with Gasteiger partial charge in [0, 0.05) is 23.0 Å². The average molecular weight is 468 g/mol. The fourth-order valence-corrected chi connectivity index (χ4v) is 4.89. The Morgan fingerprint density at radius 3 is 2.20 bits per heavy atom. The van der Waals surface area contributed by atoms with Gasteiger partial charge in [-0.05, 0) is 49.1 Å². The maximum atomic E-state index is 13.5. The molecule has 5 rings (SSSR count). The maximum Gasteiger partial charge on any atom is 0.411 e. The molecule has 6 nitrogen and oxygen atoms in total. The first-order valence-electron chi connectivity index (χ1n) is 11.8. The second kappa shape index (κ2) is 8.62. The van der Waals surface area contributed by atoms with E-state index in [1.165, 1.54) is 4.90 Å². The summed E-state index contributed by atoms with van der Waals surface area (Å²) in [5.41, 5.74) is 11.0. The lowest BCUT2D eigenvalue weighted by Gasteiger charge is -2.41. The Morgan fingerprint density at radius 2 is 1.54 bits per heavy atom. The van der Waals surface area contributed by atoms with Gasteiger partial charge in [0.15, 0.2) is 0 Å². The van der Waals surface area contributed by atoms with E-state index in [-0.39, 0.29) is 0 Å². The fourth-order valence-electron chi connectivity index (χ4n) is 4.89. The molecule has 1 aromatic heterocycles. The maximum absolute atomic E-state index is 13.5. The van der Waals surface area contributed by atoms with Crippen molar-refractivity contribution in [1.29, 1.82) is 0 Å². The van der Waals surface area contributed by atoms with Gasteiger partial charge in [0.1, 0.15) is 17.7 Å². The van der Waals surface area contributed by atoms with Crippen molar-refractivity contribution in [3.05, 3.63) is 95.7 Å². The van der Waals surface area contributed by atoms with E-state index in [9.17, 15) is 9.59 Å². The van der Waals surface area contributed by atoms with Crippen molar-refractivity contribution in [2.45, 2.75) is 44.9 Å². The number of para-hydroxylation sites is 1. The third-order valence-corrected chi connectivity index (χ3v) is 6.40. The second-order valence-corrected chi connectivity index (χ2v) is 9.96. The van der Waals surface area contributed by atoms with Gasteiger partial charge in [-0.3, -0.25) is 9.69 Å². The van der Waals surface area contributed by atoms with Crippen LogP contribution in [0, 0.1) is 0 Å². The number of nitrogens with zero attached hydrogens (tertiary/aromatic N) is 1. The molecule has 0 aliphatic carbocycles. The van der Waals surface area contributed by atoms with E-state index in [1.54, 1.807) is 0 Å². The number of aromatic amines is 1. The summed E-state index contributed by atoms with van der Waals surface area (Å²) >= 11 is 0. The van der Waals surface area contributed by atoms with Crippen LogP contribution in [0.1, 0.15) is 43.6 Å². The molecule has 2 atom stereocenters. The third-order valence-electron chi connectivity index (χ3n) is 6.40. The Kier molecular flexibility index (Phi) is 5.59. The van der Waals surface area contributed by atoms with Crippen LogP contribution in [-0.4, -0.2) is 33.5 Å². The number of rotatable bonds is 3. The molecule has 1 aliphatic heterocycles. The Hall–Kier alpha value is -4.06. The number of amides is 2. The highest BCUT2D eigenvalue weighted by molar-refractivity contribution is 5.90. The van der Waals surface area contributed by atoms with Crippen LogP contribution < -0.4 is 5.73 Å². The van der Waals surface area contributed by atoms with E-state index in [2.05, 4.69) is 17.1 Å². The minimum atomic E-state index is -0.838. The van der Waals surface area contributed by atoms with Gasteiger partial charge >= 0.3 is 6.09 Å². The van der Waals surface area contributed by atoms with Crippen molar-refractivity contribution in [2.75, 3.05) is 0 Å². The van der Waals surface area contributed by atoms with Crippen LogP contribution in [-0.2, 0) is 16.0 Å². The summed E-state index contributed by atoms with van der Waals surface area (Å²) in [5, 5.41) is 1.03. The van der Waals surface area contributed by atoms with Crippen LogP contribution in [0.4, 0.5) is 4.79 Å². The molecule has 2 heterocycles. The second-order valence-electron chi connectivity index (χ2n) is 9.96. The normalized spacial score (nSPS) is 17.7. The number of nitrogens with two attached hydrogens (primary N) is 1. The molecule has 1 aliphatic rings. The lowest BCUT2D eigenvalue weighted by Crippen LogP contribution is -2.54.